The number of hydrogen-bond acceptors (Lipinski definition) is 2. The van der Waals surface area contributed by atoms with E-state index < -0.39 is 0 Å². The molecule has 0 atom stereocenters. The van der Waals surface area contributed by atoms with Crippen molar-refractivity contribution in [2.24, 2.45) is 4.99 Å². The minimum absolute atomic E-state index is 0.574. The second-order valence-electron chi connectivity index (χ2n) is 4.60. The number of benzene rings is 2. The van der Waals surface area contributed by atoms with E-state index in [-0.39, 0.29) is 0 Å². The Morgan fingerprint density at radius 2 is 1.67 bits per heavy atom. The summed E-state index contributed by atoms with van der Waals surface area (Å²) < 4.78 is 1.20. The molecule has 0 N–H and O–H groups in total. The number of fused-ring (bicyclic) bond motifs is 1. The van der Waals surface area contributed by atoms with Crippen molar-refractivity contribution in [2.45, 2.75) is 6.92 Å². The molecule has 2 aromatic carbocycles. The maximum absolute atomic E-state index is 6.08. The Hall–Kier alpha value is -1.06. The van der Waals surface area contributed by atoms with Crippen LogP contribution in [0.3, 0.4) is 0 Å². The SMILES string of the molecule is Cc1sc2ccc(Cl)cc2c1C=Nc1cc(Cl)cc(Cl)c1. The zero-order valence-corrected chi connectivity index (χ0v) is 14.1. The molecule has 1 nitrogen and oxygen atoms in total. The molecule has 0 aliphatic heterocycles. The first-order valence-corrected chi connectivity index (χ1v) is 8.17. The summed E-state index contributed by atoms with van der Waals surface area (Å²) in [5, 5.41) is 2.98. The molecule has 1 aromatic heterocycles. The quantitative estimate of drug-likeness (QED) is 0.443. The van der Waals surface area contributed by atoms with Crippen LogP contribution < -0.4 is 0 Å². The maximum Gasteiger partial charge on any atom is 0.0659 e. The minimum Gasteiger partial charge on any atom is -0.256 e. The average molecular weight is 355 g/mol. The van der Waals surface area contributed by atoms with E-state index in [4.69, 9.17) is 34.8 Å². The van der Waals surface area contributed by atoms with Crippen molar-refractivity contribution in [3.8, 4) is 0 Å². The second kappa shape index (κ2) is 5.98. The maximum atomic E-state index is 6.08. The van der Waals surface area contributed by atoms with Crippen LogP contribution in [0.25, 0.3) is 10.1 Å². The minimum atomic E-state index is 0.574. The van der Waals surface area contributed by atoms with E-state index in [1.807, 2.05) is 24.4 Å². The molecule has 3 aromatic rings. The molecule has 0 saturated heterocycles. The predicted molar refractivity (Wildman–Crippen MR) is 95.3 cm³/mol. The zero-order valence-electron chi connectivity index (χ0n) is 11.0. The summed E-state index contributed by atoms with van der Waals surface area (Å²) in [4.78, 5) is 5.68. The third-order valence-corrected chi connectivity index (χ3v) is 4.84. The monoisotopic (exact) mass is 353 g/mol. The van der Waals surface area contributed by atoms with E-state index in [1.165, 1.54) is 9.58 Å². The standard InChI is InChI=1S/C16H10Cl3NS/c1-9-15(14-7-10(17)2-3-16(14)21-9)8-20-13-5-11(18)4-12(19)6-13/h2-8H,1H3. The van der Waals surface area contributed by atoms with Crippen LogP contribution in [0.5, 0.6) is 0 Å². The molecular formula is C16H10Cl3NS. The Kier molecular flexibility index (Phi) is 4.23. The molecular weight excluding hydrogens is 345 g/mol. The predicted octanol–water partition coefficient (Wildman–Crippen LogP) is 6.92. The third-order valence-electron chi connectivity index (χ3n) is 3.06. The molecule has 0 radical (unpaired) electrons. The largest absolute Gasteiger partial charge is 0.256 e. The molecule has 106 valence electrons. The fourth-order valence-electron chi connectivity index (χ4n) is 2.12. The van der Waals surface area contributed by atoms with Gasteiger partial charge in [0.05, 0.1) is 5.69 Å². The van der Waals surface area contributed by atoms with Gasteiger partial charge >= 0.3 is 0 Å². The van der Waals surface area contributed by atoms with Crippen LogP contribution in [0.1, 0.15) is 10.4 Å². The molecule has 0 aliphatic carbocycles. The van der Waals surface area contributed by atoms with E-state index in [2.05, 4.69) is 11.9 Å². The fraction of sp³-hybridized carbons (Fsp3) is 0.0625. The third kappa shape index (κ3) is 3.24. The van der Waals surface area contributed by atoms with E-state index in [9.17, 15) is 0 Å². The highest BCUT2D eigenvalue weighted by Gasteiger charge is 2.07. The van der Waals surface area contributed by atoms with Gasteiger partial charge in [-0.1, -0.05) is 34.8 Å². The Labute approximate surface area is 141 Å². The van der Waals surface area contributed by atoms with Crippen molar-refractivity contribution in [3.05, 3.63) is 61.9 Å². The number of nitrogens with zero attached hydrogens (tertiary/aromatic N) is 1. The van der Waals surface area contributed by atoms with Gasteiger partial charge in [0.25, 0.3) is 0 Å². The molecule has 1 heterocycles. The highest BCUT2D eigenvalue weighted by Crippen LogP contribution is 2.32. The lowest BCUT2D eigenvalue weighted by atomic mass is 10.1. The Morgan fingerprint density at radius 3 is 2.38 bits per heavy atom. The molecule has 0 unspecified atom stereocenters. The van der Waals surface area contributed by atoms with Gasteiger partial charge in [-0.2, -0.15) is 0 Å². The zero-order chi connectivity index (χ0) is 15.0. The van der Waals surface area contributed by atoms with Gasteiger partial charge in [0, 0.05) is 41.8 Å². The molecule has 0 spiro atoms. The smallest absolute Gasteiger partial charge is 0.0659 e. The van der Waals surface area contributed by atoms with Crippen molar-refractivity contribution < 1.29 is 0 Å². The van der Waals surface area contributed by atoms with Crippen molar-refractivity contribution in [1.82, 2.24) is 0 Å². The summed E-state index contributed by atoms with van der Waals surface area (Å²) in [6.07, 6.45) is 1.84. The van der Waals surface area contributed by atoms with Gasteiger partial charge in [-0.25, -0.2) is 0 Å². The molecule has 21 heavy (non-hydrogen) atoms. The van der Waals surface area contributed by atoms with E-state index >= 15 is 0 Å². The molecule has 0 bridgehead atoms. The van der Waals surface area contributed by atoms with Crippen molar-refractivity contribution in [1.29, 1.82) is 0 Å². The van der Waals surface area contributed by atoms with E-state index in [0.717, 1.165) is 21.7 Å². The van der Waals surface area contributed by atoms with Gasteiger partial charge in [-0.05, 0) is 43.3 Å². The van der Waals surface area contributed by atoms with Crippen molar-refractivity contribution in [2.75, 3.05) is 0 Å². The lowest BCUT2D eigenvalue weighted by Crippen LogP contribution is -1.81. The average Bonchev–Trinajstić information content (AvgIpc) is 2.70. The summed E-state index contributed by atoms with van der Waals surface area (Å²) in [6, 6.07) is 11.1. The van der Waals surface area contributed by atoms with Crippen molar-refractivity contribution >= 4 is 68.1 Å². The van der Waals surface area contributed by atoms with E-state index in [1.54, 1.807) is 29.5 Å². The molecule has 0 aliphatic rings. The van der Waals surface area contributed by atoms with Crippen LogP contribution in [0.4, 0.5) is 5.69 Å². The normalized spacial score (nSPS) is 11.6. The van der Waals surface area contributed by atoms with E-state index in [0.29, 0.717) is 10.0 Å². The second-order valence-corrected chi connectivity index (χ2v) is 7.16. The summed E-state index contributed by atoms with van der Waals surface area (Å²) in [5.41, 5.74) is 1.81. The highest BCUT2D eigenvalue weighted by atomic mass is 35.5. The topological polar surface area (TPSA) is 12.4 Å². The van der Waals surface area contributed by atoms with Crippen LogP contribution in [0.15, 0.2) is 41.4 Å². The van der Waals surface area contributed by atoms with Gasteiger partial charge in [0.1, 0.15) is 0 Å². The summed E-state index contributed by atoms with van der Waals surface area (Å²) >= 11 is 19.8. The summed E-state index contributed by atoms with van der Waals surface area (Å²) in [5.74, 6) is 0. The van der Waals surface area contributed by atoms with Crippen LogP contribution in [0, 0.1) is 6.92 Å². The fourth-order valence-corrected chi connectivity index (χ4v) is 3.83. The van der Waals surface area contributed by atoms with Crippen LogP contribution in [0.2, 0.25) is 15.1 Å². The molecule has 5 heteroatoms. The highest BCUT2D eigenvalue weighted by molar-refractivity contribution is 7.19. The van der Waals surface area contributed by atoms with Crippen LogP contribution >= 0.6 is 46.1 Å². The molecule has 0 amide bonds. The first-order valence-electron chi connectivity index (χ1n) is 6.22. The molecule has 0 saturated carbocycles. The van der Waals surface area contributed by atoms with Gasteiger partial charge < -0.3 is 0 Å². The summed E-state index contributed by atoms with van der Waals surface area (Å²) in [6.45, 7) is 2.07. The van der Waals surface area contributed by atoms with Crippen molar-refractivity contribution in [3.63, 3.8) is 0 Å². The van der Waals surface area contributed by atoms with Gasteiger partial charge in [-0.3, -0.25) is 4.99 Å². The number of aryl methyl sites for hydroxylation is 1. The van der Waals surface area contributed by atoms with Gasteiger partial charge in [0.2, 0.25) is 0 Å². The summed E-state index contributed by atoms with van der Waals surface area (Å²) in [7, 11) is 0. The first-order chi connectivity index (χ1) is 10.0. The van der Waals surface area contributed by atoms with Gasteiger partial charge in [-0.15, -0.1) is 11.3 Å². The number of aliphatic imine (C=N–C) groups is 1. The molecule has 0 fully saturated rings. The van der Waals surface area contributed by atoms with Crippen LogP contribution in [-0.4, -0.2) is 6.21 Å². The number of halogens is 3. The Bertz CT molecular complexity index is 832. The molecule has 3 rings (SSSR count). The number of hydrogen-bond donors (Lipinski definition) is 0. The van der Waals surface area contributed by atoms with Gasteiger partial charge in [0.15, 0.2) is 0 Å². The number of thiophene rings is 1. The van der Waals surface area contributed by atoms with Crippen LogP contribution in [-0.2, 0) is 0 Å². The Balaban J connectivity index is 2.06. The Morgan fingerprint density at radius 1 is 0.952 bits per heavy atom. The lowest BCUT2D eigenvalue weighted by molar-refractivity contribution is 1.52. The first kappa shape index (κ1) is 14.9. The number of rotatable bonds is 2. The lowest BCUT2D eigenvalue weighted by Gasteiger charge is -1.98.